The number of anilines is 1. The molecular weight excluding hydrogens is 284 g/mol. The molecule has 1 aromatic heterocycles. The van der Waals surface area contributed by atoms with Gasteiger partial charge in [0.15, 0.2) is 0 Å². The fraction of sp³-hybridized carbons (Fsp3) is 0.267. The summed E-state index contributed by atoms with van der Waals surface area (Å²) in [6.45, 7) is 0.756. The molecular formula is C15H16N4OS. The highest BCUT2D eigenvalue weighted by Crippen LogP contribution is 2.22. The number of hydrogen-bond donors (Lipinski definition) is 2. The minimum atomic E-state index is -0.233. The van der Waals surface area contributed by atoms with Crippen molar-refractivity contribution in [1.82, 2.24) is 9.88 Å². The summed E-state index contributed by atoms with van der Waals surface area (Å²) in [5.74, 6) is 0.715. The Morgan fingerprint density at radius 1 is 1.48 bits per heavy atom. The average molecular weight is 300 g/mol. The predicted octanol–water partition coefficient (Wildman–Crippen LogP) is 1.51. The summed E-state index contributed by atoms with van der Waals surface area (Å²) in [6, 6.07) is 9.27. The van der Waals surface area contributed by atoms with E-state index >= 15 is 0 Å². The number of amides is 1. The van der Waals surface area contributed by atoms with Crippen LogP contribution in [-0.2, 0) is 4.79 Å². The first kappa shape index (κ1) is 13.8. The lowest BCUT2D eigenvalue weighted by molar-refractivity contribution is -0.127. The second kappa shape index (κ2) is 5.29. The van der Waals surface area contributed by atoms with Crippen LogP contribution >= 0.6 is 12.2 Å². The van der Waals surface area contributed by atoms with E-state index in [2.05, 4.69) is 10.3 Å². The van der Waals surface area contributed by atoms with Crippen LogP contribution in [0.1, 0.15) is 12.0 Å². The molecule has 1 saturated heterocycles. The summed E-state index contributed by atoms with van der Waals surface area (Å²) in [6.07, 6.45) is 0.770. The zero-order valence-electron chi connectivity index (χ0n) is 11.7. The molecule has 1 amide bonds. The van der Waals surface area contributed by atoms with Gasteiger partial charge in [-0.05, 0) is 18.6 Å². The summed E-state index contributed by atoms with van der Waals surface area (Å²) < 4.78 is 0. The van der Waals surface area contributed by atoms with Gasteiger partial charge in [-0.3, -0.25) is 4.79 Å². The molecule has 3 N–H and O–H groups in total. The second-order valence-electron chi connectivity index (χ2n) is 5.18. The van der Waals surface area contributed by atoms with Gasteiger partial charge in [-0.1, -0.05) is 30.4 Å². The highest BCUT2D eigenvalue weighted by Gasteiger charge is 2.29. The van der Waals surface area contributed by atoms with Gasteiger partial charge in [-0.15, -0.1) is 0 Å². The summed E-state index contributed by atoms with van der Waals surface area (Å²) in [5.41, 5.74) is 7.39. The van der Waals surface area contributed by atoms with Crippen molar-refractivity contribution in [3.8, 4) is 0 Å². The van der Waals surface area contributed by atoms with Gasteiger partial charge in [0.2, 0.25) is 5.91 Å². The number of likely N-dealkylation sites (tertiary alicyclic amines) is 1. The Morgan fingerprint density at radius 2 is 2.24 bits per heavy atom. The first-order valence-corrected chi connectivity index (χ1v) is 7.18. The molecule has 2 heterocycles. The number of hydrogen-bond acceptors (Lipinski definition) is 4. The van der Waals surface area contributed by atoms with Crippen LogP contribution in [0, 0.1) is 0 Å². The maximum absolute atomic E-state index is 12.0. The molecule has 1 fully saturated rings. The van der Waals surface area contributed by atoms with Crippen molar-refractivity contribution < 1.29 is 4.79 Å². The van der Waals surface area contributed by atoms with Gasteiger partial charge < -0.3 is 16.0 Å². The van der Waals surface area contributed by atoms with Crippen LogP contribution in [0.5, 0.6) is 0 Å². The molecule has 108 valence electrons. The molecule has 0 bridgehead atoms. The number of carbonyl (C=O) groups is 1. The molecule has 0 radical (unpaired) electrons. The number of para-hydroxylation sites is 1. The molecule has 1 aromatic carbocycles. The number of fused-ring (bicyclic) bond motifs is 1. The third kappa shape index (κ3) is 2.54. The Labute approximate surface area is 128 Å². The maximum Gasteiger partial charge on any atom is 0.244 e. The number of aromatic nitrogens is 1. The molecule has 21 heavy (non-hydrogen) atoms. The van der Waals surface area contributed by atoms with Gasteiger partial charge in [-0.2, -0.15) is 0 Å². The molecule has 1 unspecified atom stereocenters. The van der Waals surface area contributed by atoms with Crippen molar-refractivity contribution in [2.24, 2.45) is 5.73 Å². The van der Waals surface area contributed by atoms with E-state index in [0.717, 1.165) is 29.4 Å². The minimum absolute atomic E-state index is 0.0850. The van der Waals surface area contributed by atoms with Gasteiger partial charge in [0.05, 0.1) is 5.52 Å². The van der Waals surface area contributed by atoms with Gasteiger partial charge in [0.1, 0.15) is 16.8 Å². The summed E-state index contributed by atoms with van der Waals surface area (Å²) in [7, 11) is 1.80. The third-order valence-electron chi connectivity index (χ3n) is 3.73. The number of thiocarbonyl (C=S) groups is 1. The highest BCUT2D eigenvalue weighted by molar-refractivity contribution is 7.80. The van der Waals surface area contributed by atoms with Crippen LogP contribution in [0.25, 0.3) is 10.9 Å². The number of pyridine rings is 1. The fourth-order valence-electron chi connectivity index (χ4n) is 2.59. The summed E-state index contributed by atoms with van der Waals surface area (Å²) in [4.78, 5) is 18.6. The number of nitrogens with two attached hydrogens (primary N) is 1. The molecule has 6 heteroatoms. The lowest BCUT2D eigenvalue weighted by Gasteiger charge is -2.14. The van der Waals surface area contributed by atoms with Crippen LogP contribution < -0.4 is 11.1 Å². The van der Waals surface area contributed by atoms with E-state index in [1.54, 1.807) is 11.9 Å². The molecule has 3 rings (SSSR count). The number of rotatable bonds is 3. The predicted molar refractivity (Wildman–Crippen MR) is 87.3 cm³/mol. The highest BCUT2D eigenvalue weighted by atomic mass is 32.1. The second-order valence-corrected chi connectivity index (χ2v) is 5.62. The lowest BCUT2D eigenvalue weighted by atomic mass is 10.1. The first-order chi connectivity index (χ1) is 10.1. The Morgan fingerprint density at radius 3 is 2.90 bits per heavy atom. The van der Waals surface area contributed by atoms with Crippen LogP contribution in [0.15, 0.2) is 30.3 Å². The minimum Gasteiger partial charge on any atom is -0.389 e. The molecule has 1 aliphatic rings. The van der Waals surface area contributed by atoms with Crippen molar-refractivity contribution in [1.29, 1.82) is 0 Å². The Kier molecular flexibility index (Phi) is 3.47. The Balaban J connectivity index is 2.00. The van der Waals surface area contributed by atoms with Gasteiger partial charge in [-0.25, -0.2) is 4.98 Å². The maximum atomic E-state index is 12.0. The van der Waals surface area contributed by atoms with E-state index < -0.39 is 0 Å². The lowest BCUT2D eigenvalue weighted by Crippen LogP contribution is -2.31. The van der Waals surface area contributed by atoms with Crippen molar-refractivity contribution in [2.45, 2.75) is 12.5 Å². The Bertz CT molecular complexity index is 731. The fourth-order valence-corrected chi connectivity index (χ4v) is 2.76. The van der Waals surface area contributed by atoms with Crippen molar-refractivity contribution in [3.63, 3.8) is 0 Å². The van der Waals surface area contributed by atoms with E-state index in [4.69, 9.17) is 18.0 Å². The standard InChI is InChI=1S/C15H16N4OS/c1-19-7-6-12(15(19)20)18-13-8-10(14(16)21)9-4-2-3-5-11(9)17-13/h2-5,8,12H,6-7H2,1H3,(H2,16,21)(H,17,18). The van der Waals surface area contributed by atoms with E-state index in [1.807, 2.05) is 30.3 Å². The van der Waals surface area contributed by atoms with E-state index in [9.17, 15) is 4.79 Å². The SMILES string of the molecule is CN1CCC(Nc2cc(C(N)=S)c3ccccc3n2)C1=O. The van der Waals surface area contributed by atoms with Gasteiger partial charge in [0, 0.05) is 24.5 Å². The van der Waals surface area contributed by atoms with Crippen LogP contribution in [0.3, 0.4) is 0 Å². The molecule has 0 aliphatic carbocycles. The molecule has 2 aromatic rings. The smallest absolute Gasteiger partial charge is 0.244 e. The van der Waals surface area contributed by atoms with E-state index in [1.165, 1.54) is 0 Å². The first-order valence-electron chi connectivity index (χ1n) is 6.77. The van der Waals surface area contributed by atoms with Crippen molar-refractivity contribution in [3.05, 3.63) is 35.9 Å². The monoisotopic (exact) mass is 300 g/mol. The van der Waals surface area contributed by atoms with E-state index in [0.29, 0.717) is 10.8 Å². The zero-order valence-corrected chi connectivity index (χ0v) is 12.5. The van der Waals surface area contributed by atoms with Crippen LogP contribution in [-0.4, -0.2) is 40.4 Å². The molecule has 5 nitrogen and oxygen atoms in total. The number of nitrogens with zero attached hydrogens (tertiary/aromatic N) is 2. The molecule has 0 saturated carbocycles. The molecule has 1 atom stereocenters. The topological polar surface area (TPSA) is 71.2 Å². The van der Waals surface area contributed by atoms with Crippen LogP contribution in [0.2, 0.25) is 0 Å². The zero-order chi connectivity index (χ0) is 15.0. The van der Waals surface area contributed by atoms with Gasteiger partial charge in [0.25, 0.3) is 0 Å². The molecule has 0 spiro atoms. The number of likely N-dealkylation sites (N-methyl/N-ethyl adjacent to an activating group) is 1. The van der Waals surface area contributed by atoms with Gasteiger partial charge >= 0.3 is 0 Å². The average Bonchev–Trinajstić information content (AvgIpc) is 2.78. The van der Waals surface area contributed by atoms with Crippen molar-refractivity contribution >= 4 is 39.8 Å². The van der Waals surface area contributed by atoms with Crippen LogP contribution in [0.4, 0.5) is 5.82 Å². The number of benzene rings is 1. The Hall–Kier alpha value is -2.21. The largest absolute Gasteiger partial charge is 0.389 e. The quantitative estimate of drug-likeness (QED) is 0.841. The molecule has 1 aliphatic heterocycles. The third-order valence-corrected chi connectivity index (χ3v) is 3.95. The number of carbonyl (C=O) groups excluding carboxylic acids is 1. The summed E-state index contributed by atoms with van der Waals surface area (Å²) >= 11 is 5.12. The normalized spacial score (nSPS) is 18.2. The van der Waals surface area contributed by atoms with E-state index in [-0.39, 0.29) is 11.9 Å². The number of nitrogens with one attached hydrogen (secondary N) is 1. The summed E-state index contributed by atoms with van der Waals surface area (Å²) in [5, 5.41) is 4.11. The van der Waals surface area contributed by atoms with Crippen molar-refractivity contribution in [2.75, 3.05) is 18.9 Å².